The maximum Gasteiger partial charge on any atom is 0.226 e. The molecule has 0 saturated heterocycles. The zero-order valence-electron chi connectivity index (χ0n) is 8.57. The van der Waals surface area contributed by atoms with Crippen LogP contribution in [0.2, 0.25) is 0 Å². The molecule has 1 aliphatic rings. The normalized spacial score (nSPS) is 18.4. The van der Waals surface area contributed by atoms with Gasteiger partial charge in [-0.1, -0.05) is 12.1 Å². The maximum absolute atomic E-state index is 5.53. The van der Waals surface area contributed by atoms with Gasteiger partial charge in [-0.25, -0.2) is 0 Å². The number of hydrogen-bond acceptors (Lipinski definition) is 4. The summed E-state index contributed by atoms with van der Waals surface area (Å²) >= 11 is 0. The molecule has 14 heavy (non-hydrogen) atoms. The molecule has 4 nitrogen and oxygen atoms in total. The third-order valence-corrected chi connectivity index (χ3v) is 2.68. The van der Waals surface area contributed by atoms with Gasteiger partial charge in [0.15, 0.2) is 5.82 Å². The highest BCUT2D eigenvalue weighted by Crippen LogP contribution is 2.38. The number of aryl methyl sites for hydroxylation is 1. The average Bonchev–Trinajstić information content (AvgIpc) is 2.95. The highest BCUT2D eigenvalue weighted by atomic mass is 16.5. The van der Waals surface area contributed by atoms with Gasteiger partial charge in [-0.15, -0.1) is 0 Å². The molecule has 0 amide bonds. The van der Waals surface area contributed by atoms with Crippen molar-refractivity contribution in [2.24, 2.45) is 11.7 Å². The Bertz CT molecular complexity index is 293. The molecular formula is C10H17N3O. The third kappa shape index (κ3) is 2.32. The van der Waals surface area contributed by atoms with E-state index in [-0.39, 0.29) is 0 Å². The van der Waals surface area contributed by atoms with Crippen molar-refractivity contribution in [2.45, 2.75) is 38.5 Å². The molecule has 78 valence electrons. The van der Waals surface area contributed by atoms with E-state index in [0.29, 0.717) is 11.8 Å². The zero-order chi connectivity index (χ0) is 9.97. The molecule has 1 atom stereocenters. The zero-order valence-corrected chi connectivity index (χ0v) is 8.57. The van der Waals surface area contributed by atoms with E-state index in [1.807, 2.05) is 0 Å². The Hall–Kier alpha value is -0.900. The van der Waals surface area contributed by atoms with Gasteiger partial charge in [0, 0.05) is 12.3 Å². The molecule has 1 aromatic rings. The molecule has 1 saturated carbocycles. The van der Waals surface area contributed by atoms with Crippen molar-refractivity contribution in [1.82, 2.24) is 10.1 Å². The van der Waals surface area contributed by atoms with Gasteiger partial charge >= 0.3 is 0 Å². The van der Waals surface area contributed by atoms with E-state index < -0.39 is 0 Å². The molecule has 0 aliphatic heterocycles. The van der Waals surface area contributed by atoms with Crippen molar-refractivity contribution in [2.75, 3.05) is 6.54 Å². The minimum absolute atomic E-state index is 0.534. The molecule has 1 heterocycles. The van der Waals surface area contributed by atoms with Crippen LogP contribution < -0.4 is 5.73 Å². The summed E-state index contributed by atoms with van der Waals surface area (Å²) in [6.07, 6.45) is 4.33. The molecule has 2 N–H and O–H groups in total. The van der Waals surface area contributed by atoms with Crippen LogP contribution in [-0.4, -0.2) is 16.7 Å². The largest absolute Gasteiger partial charge is 0.339 e. The Morgan fingerprint density at radius 1 is 1.57 bits per heavy atom. The lowest BCUT2D eigenvalue weighted by molar-refractivity contribution is 0.361. The summed E-state index contributed by atoms with van der Waals surface area (Å²) in [4.78, 5) is 4.36. The Morgan fingerprint density at radius 3 is 3.00 bits per heavy atom. The molecular weight excluding hydrogens is 178 g/mol. The van der Waals surface area contributed by atoms with Crippen molar-refractivity contribution in [1.29, 1.82) is 0 Å². The van der Waals surface area contributed by atoms with E-state index in [2.05, 4.69) is 17.1 Å². The molecule has 1 aliphatic carbocycles. The molecule has 1 aromatic heterocycles. The van der Waals surface area contributed by atoms with Gasteiger partial charge in [0.2, 0.25) is 5.89 Å². The molecule has 1 unspecified atom stereocenters. The van der Waals surface area contributed by atoms with E-state index >= 15 is 0 Å². The highest BCUT2D eigenvalue weighted by molar-refractivity contribution is 5.03. The summed E-state index contributed by atoms with van der Waals surface area (Å²) in [7, 11) is 0. The first-order chi connectivity index (χ1) is 6.79. The second-order valence-electron chi connectivity index (χ2n) is 4.20. The summed E-state index contributed by atoms with van der Waals surface area (Å²) in [5, 5.41) is 3.96. The second-order valence-corrected chi connectivity index (χ2v) is 4.20. The molecule has 4 heteroatoms. The smallest absolute Gasteiger partial charge is 0.226 e. The van der Waals surface area contributed by atoms with Crippen molar-refractivity contribution in [3.63, 3.8) is 0 Å². The van der Waals surface area contributed by atoms with Crippen LogP contribution in [0.1, 0.15) is 43.8 Å². The van der Waals surface area contributed by atoms with Crippen molar-refractivity contribution >= 4 is 0 Å². The van der Waals surface area contributed by atoms with Crippen LogP contribution in [0.15, 0.2) is 4.52 Å². The molecule has 1 fully saturated rings. The molecule has 0 aromatic carbocycles. The van der Waals surface area contributed by atoms with E-state index in [1.54, 1.807) is 0 Å². The van der Waals surface area contributed by atoms with Gasteiger partial charge in [0.25, 0.3) is 0 Å². The van der Waals surface area contributed by atoms with Crippen LogP contribution in [-0.2, 0) is 6.42 Å². The topological polar surface area (TPSA) is 64.9 Å². The fourth-order valence-corrected chi connectivity index (χ4v) is 1.36. The van der Waals surface area contributed by atoms with Gasteiger partial charge < -0.3 is 10.3 Å². The van der Waals surface area contributed by atoms with Crippen molar-refractivity contribution in [3.8, 4) is 0 Å². The lowest BCUT2D eigenvalue weighted by Crippen LogP contribution is -2.11. The quantitative estimate of drug-likeness (QED) is 0.772. The molecule has 0 spiro atoms. The lowest BCUT2D eigenvalue weighted by atomic mass is 10.1. The van der Waals surface area contributed by atoms with Crippen LogP contribution >= 0.6 is 0 Å². The number of nitrogens with two attached hydrogens (primary N) is 1. The summed E-state index contributed by atoms with van der Waals surface area (Å²) in [6, 6.07) is 0. The first kappa shape index (κ1) is 9.65. The van der Waals surface area contributed by atoms with E-state index in [0.717, 1.165) is 31.1 Å². The lowest BCUT2D eigenvalue weighted by Gasteiger charge is -2.03. The first-order valence-electron chi connectivity index (χ1n) is 5.32. The predicted molar refractivity (Wildman–Crippen MR) is 52.8 cm³/mol. The average molecular weight is 195 g/mol. The van der Waals surface area contributed by atoms with Crippen LogP contribution in [0.4, 0.5) is 0 Å². The number of rotatable bonds is 5. The molecule has 0 radical (unpaired) electrons. The van der Waals surface area contributed by atoms with Gasteiger partial charge in [-0.05, 0) is 31.7 Å². The first-order valence-corrected chi connectivity index (χ1v) is 5.32. The minimum Gasteiger partial charge on any atom is -0.339 e. The summed E-state index contributed by atoms with van der Waals surface area (Å²) in [5.74, 6) is 2.79. The highest BCUT2D eigenvalue weighted by Gasteiger charge is 2.28. The molecule has 2 rings (SSSR count). The maximum atomic E-state index is 5.53. The van der Waals surface area contributed by atoms with Crippen molar-refractivity contribution in [3.05, 3.63) is 11.7 Å². The number of nitrogens with zero attached hydrogens (tertiary/aromatic N) is 2. The predicted octanol–water partition coefficient (Wildman–Crippen LogP) is 1.47. The van der Waals surface area contributed by atoms with Gasteiger partial charge in [0.1, 0.15) is 0 Å². The van der Waals surface area contributed by atoms with Gasteiger partial charge in [-0.2, -0.15) is 4.98 Å². The number of aromatic nitrogens is 2. The Balaban J connectivity index is 1.83. The SMILES string of the molecule is CC(CN)CCc1nc(C2CC2)no1. The van der Waals surface area contributed by atoms with Gasteiger partial charge in [-0.3, -0.25) is 0 Å². The van der Waals surface area contributed by atoms with Crippen molar-refractivity contribution < 1.29 is 4.52 Å². The number of hydrogen-bond donors (Lipinski definition) is 1. The third-order valence-electron chi connectivity index (χ3n) is 2.68. The van der Waals surface area contributed by atoms with Crippen LogP contribution in [0.25, 0.3) is 0 Å². The summed E-state index contributed by atoms with van der Waals surface area (Å²) in [6.45, 7) is 2.86. The Kier molecular flexibility index (Phi) is 2.82. The van der Waals surface area contributed by atoms with Gasteiger partial charge in [0.05, 0.1) is 0 Å². The van der Waals surface area contributed by atoms with Crippen LogP contribution in [0.3, 0.4) is 0 Å². The fourth-order valence-electron chi connectivity index (χ4n) is 1.36. The van der Waals surface area contributed by atoms with E-state index in [9.17, 15) is 0 Å². The molecule has 0 bridgehead atoms. The summed E-state index contributed by atoms with van der Waals surface area (Å²) in [5.41, 5.74) is 5.53. The Labute approximate surface area is 83.9 Å². The Morgan fingerprint density at radius 2 is 2.36 bits per heavy atom. The second kappa shape index (κ2) is 4.09. The standard InChI is InChI=1S/C10H17N3O/c1-7(6-11)2-5-9-12-10(13-14-9)8-3-4-8/h7-8H,2-6,11H2,1H3. The summed E-state index contributed by atoms with van der Waals surface area (Å²) < 4.78 is 5.16. The van der Waals surface area contributed by atoms with Crippen LogP contribution in [0.5, 0.6) is 0 Å². The minimum atomic E-state index is 0.534. The van der Waals surface area contributed by atoms with E-state index in [4.69, 9.17) is 10.3 Å². The van der Waals surface area contributed by atoms with Crippen LogP contribution in [0, 0.1) is 5.92 Å². The van der Waals surface area contributed by atoms with E-state index in [1.165, 1.54) is 12.8 Å². The monoisotopic (exact) mass is 195 g/mol. The fraction of sp³-hybridized carbons (Fsp3) is 0.800.